The lowest BCUT2D eigenvalue weighted by atomic mass is 9.86. The number of amides is 2. The van der Waals surface area contributed by atoms with Gasteiger partial charge in [0.1, 0.15) is 0 Å². The molecule has 0 radical (unpaired) electrons. The molecule has 0 bridgehead atoms. The lowest BCUT2D eigenvalue weighted by Gasteiger charge is -2.27. The van der Waals surface area contributed by atoms with Crippen LogP contribution in [0, 0.1) is 11.3 Å². The van der Waals surface area contributed by atoms with E-state index in [1.54, 1.807) is 0 Å². The summed E-state index contributed by atoms with van der Waals surface area (Å²) in [6.45, 7) is 2.91. The molecule has 0 aromatic carbocycles. The fourth-order valence-electron chi connectivity index (χ4n) is 2.40. The van der Waals surface area contributed by atoms with Gasteiger partial charge in [-0.1, -0.05) is 6.92 Å². The van der Waals surface area contributed by atoms with Gasteiger partial charge in [0.2, 0.25) is 0 Å². The number of hydrogen-bond acceptors (Lipinski definition) is 2. The predicted molar refractivity (Wildman–Crippen MR) is 67.3 cm³/mol. The molecule has 0 unspecified atom stereocenters. The molecule has 2 saturated carbocycles. The molecule has 0 aromatic heterocycles. The van der Waals surface area contributed by atoms with Gasteiger partial charge in [-0.25, -0.2) is 4.79 Å². The van der Waals surface area contributed by atoms with Gasteiger partial charge in [0.25, 0.3) is 0 Å². The number of carboxylic acids is 1. The van der Waals surface area contributed by atoms with Crippen molar-refractivity contribution >= 4 is 12.0 Å². The smallest absolute Gasteiger partial charge is 0.315 e. The molecule has 18 heavy (non-hydrogen) atoms. The van der Waals surface area contributed by atoms with Crippen LogP contribution in [0.4, 0.5) is 4.79 Å². The average Bonchev–Trinajstić information content (AvgIpc) is 3.06. The first-order chi connectivity index (χ1) is 8.48. The van der Waals surface area contributed by atoms with Crippen molar-refractivity contribution < 1.29 is 14.7 Å². The summed E-state index contributed by atoms with van der Waals surface area (Å²) in [5.41, 5.74) is 0.318. The molecule has 2 fully saturated rings. The van der Waals surface area contributed by atoms with Crippen molar-refractivity contribution in [3.05, 3.63) is 0 Å². The highest BCUT2D eigenvalue weighted by Crippen LogP contribution is 2.43. The third kappa shape index (κ3) is 3.62. The van der Waals surface area contributed by atoms with Gasteiger partial charge in [-0.15, -0.1) is 0 Å². The van der Waals surface area contributed by atoms with Gasteiger partial charge in [0, 0.05) is 12.6 Å². The molecule has 2 aliphatic carbocycles. The Morgan fingerprint density at radius 2 is 1.83 bits per heavy atom. The topological polar surface area (TPSA) is 78.4 Å². The Bertz CT molecular complexity index is 331. The molecule has 0 heterocycles. The Morgan fingerprint density at radius 3 is 2.33 bits per heavy atom. The summed E-state index contributed by atoms with van der Waals surface area (Å²) in [4.78, 5) is 22.5. The van der Waals surface area contributed by atoms with Gasteiger partial charge in [0.05, 0.1) is 5.92 Å². The van der Waals surface area contributed by atoms with E-state index in [-0.39, 0.29) is 18.0 Å². The maximum atomic E-state index is 11.7. The Labute approximate surface area is 107 Å². The number of hydrogen-bond donors (Lipinski definition) is 3. The summed E-state index contributed by atoms with van der Waals surface area (Å²) >= 11 is 0. The summed E-state index contributed by atoms with van der Waals surface area (Å²) in [5.74, 6) is -0.934. The zero-order valence-electron chi connectivity index (χ0n) is 10.9. The molecule has 5 nitrogen and oxygen atoms in total. The number of carbonyl (C=O) groups is 2. The van der Waals surface area contributed by atoms with Crippen LogP contribution >= 0.6 is 0 Å². The molecule has 0 saturated heterocycles. The van der Waals surface area contributed by atoms with E-state index in [9.17, 15) is 9.59 Å². The van der Waals surface area contributed by atoms with Crippen LogP contribution in [0.3, 0.4) is 0 Å². The number of nitrogens with one attached hydrogen (secondary N) is 2. The van der Waals surface area contributed by atoms with Crippen molar-refractivity contribution in [1.82, 2.24) is 10.6 Å². The van der Waals surface area contributed by atoms with Crippen molar-refractivity contribution in [3.63, 3.8) is 0 Å². The van der Waals surface area contributed by atoms with E-state index in [0.717, 1.165) is 19.4 Å². The van der Waals surface area contributed by atoms with Gasteiger partial charge in [-0.3, -0.25) is 4.79 Å². The van der Waals surface area contributed by atoms with E-state index < -0.39 is 5.97 Å². The van der Waals surface area contributed by atoms with Crippen molar-refractivity contribution in [3.8, 4) is 0 Å². The Kier molecular flexibility index (Phi) is 3.78. The molecule has 0 atom stereocenters. The zero-order valence-corrected chi connectivity index (χ0v) is 10.9. The van der Waals surface area contributed by atoms with E-state index in [4.69, 9.17) is 5.11 Å². The van der Waals surface area contributed by atoms with Crippen LogP contribution in [-0.4, -0.2) is 29.7 Å². The third-order valence-corrected chi connectivity index (χ3v) is 4.19. The van der Waals surface area contributed by atoms with Gasteiger partial charge in [0.15, 0.2) is 0 Å². The largest absolute Gasteiger partial charge is 0.481 e. The highest BCUT2D eigenvalue weighted by Gasteiger charge is 2.37. The van der Waals surface area contributed by atoms with Crippen LogP contribution < -0.4 is 10.6 Å². The second-order valence-corrected chi connectivity index (χ2v) is 6.02. The van der Waals surface area contributed by atoms with Crippen molar-refractivity contribution in [1.29, 1.82) is 0 Å². The maximum absolute atomic E-state index is 11.7. The van der Waals surface area contributed by atoms with Gasteiger partial charge < -0.3 is 15.7 Å². The van der Waals surface area contributed by atoms with Gasteiger partial charge in [-0.05, 0) is 43.9 Å². The molecule has 0 aliphatic heterocycles. The van der Waals surface area contributed by atoms with Crippen molar-refractivity contribution in [2.24, 2.45) is 11.3 Å². The number of carbonyl (C=O) groups excluding carboxylic acids is 1. The SMILES string of the molecule is CC1(CNC(=O)NC2CCC(C(=O)O)CC2)CC1. The molecule has 3 N–H and O–H groups in total. The Balaban J connectivity index is 1.64. The molecule has 2 rings (SSSR count). The average molecular weight is 254 g/mol. The highest BCUT2D eigenvalue weighted by atomic mass is 16.4. The summed E-state index contributed by atoms with van der Waals surface area (Å²) in [5, 5.41) is 14.7. The predicted octanol–water partition coefficient (Wildman–Crippen LogP) is 1.73. The van der Waals surface area contributed by atoms with E-state index >= 15 is 0 Å². The van der Waals surface area contributed by atoms with Crippen LogP contribution in [0.2, 0.25) is 0 Å². The fourth-order valence-corrected chi connectivity index (χ4v) is 2.40. The first-order valence-electron chi connectivity index (χ1n) is 6.76. The molecule has 0 spiro atoms. The second-order valence-electron chi connectivity index (χ2n) is 6.02. The van der Waals surface area contributed by atoms with Crippen LogP contribution in [0.5, 0.6) is 0 Å². The maximum Gasteiger partial charge on any atom is 0.315 e. The van der Waals surface area contributed by atoms with E-state index in [2.05, 4.69) is 17.6 Å². The van der Waals surface area contributed by atoms with E-state index in [1.165, 1.54) is 12.8 Å². The normalized spacial score (nSPS) is 29.4. The lowest BCUT2D eigenvalue weighted by Crippen LogP contribution is -2.45. The van der Waals surface area contributed by atoms with Crippen molar-refractivity contribution in [2.75, 3.05) is 6.54 Å². The van der Waals surface area contributed by atoms with Gasteiger partial charge in [-0.2, -0.15) is 0 Å². The number of carboxylic acid groups (broad SMARTS) is 1. The van der Waals surface area contributed by atoms with Crippen LogP contribution in [0.25, 0.3) is 0 Å². The number of aliphatic carboxylic acids is 1. The van der Waals surface area contributed by atoms with Crippen LogP contribution in [0.15, 0.2) is 0 Å². The minimum atomic E-state index is -0.709. The molecule has 102 valence electrons. The molecule has 2 aliphatic rings. The minimum absolute atomic E-state index is 0.109. The van der Waals surface area contributed by atoms with Crippen LogP contribution in [0.1, 0.15) is 45.4 Å². The summed E-state index contributed by atoms with van der Waals surface area (Å²) < 4.78 is 0. The molecule has 0 aromatic rings. The summed E-state index contributed by atoms with van der Waals surface area (Å²) in [6, 6.07) is 0.0227. The zero-order chi connectivity index (χ0) is 13.2. The quantitative estimate of drug-likeness (QED) is 0.715. The Hall–Kier alpha value is -1.26. The van der Waals surface area contributed by atoms with Crippen molar-refractivity contribution in [2.45, 2.75) is 51.5 Å². The lowest BCUT2D eigenvalue weighted by molar-refractivity contribution is -0.142. The Morgan fingerprint density at radius 1 is 1.22 bits per heavy atom. The van der Waals surface area contributed by atoms with E-state index in [1.807, 2.05) is 0 Å². The fraction of sp³-hybridized carbons (Fsp3) is 0.846. The molecular formula is C13H22N2O3. The number of urea groups is 1. The number of rotatable bonds is 4. The minimum Gasteiger partial charge on any atom is -0.481 e. The molecular weight excluding hydrogens is 232 g/mol. The third-order valence-electron chi connectivity index (χ3n) is 4.19. The standard InChI is InChI=1S/C13H22N2O3/c1-13(6-7-13)8-14-12(18)15-10-4-2-9(3-5-10)11(16)17/h9-10H,2-8H2,1H3,(H,16,17)(H2,14,15,18). The summed E-state index contributed by atoms with van der Waals surface area (Å²) in [7, 11) is 0. The molecule has 2 amide bonds. The first-order valence-corrected chi connectivity index (χ1v) is 6.76. The first kappa shape index (κ1) is 13.2. The monoisotopic (exact) mass is 254 g/mol. The van der Waals surface area contributed by atoms with Gasteiger partial charge >= 0.3 is 12.0 Å². The molecule has 5 heteroatoms. The summed E-state index contributed by atoms with van der Waals surface area (Å²) in [6.07, 6.45) is 5.24. The van der Waals surface area contributed by atoms with Crippen LogP contribution in [-0.2, 0) is 4.79 Å². The second kappa shape index (κ2) is 5.16. The van der Waals surface area contributed by atoms with E-state index in [0.29, 0.717) is 18.3 Å². The highest BCUT2D eigenvalue weighted by molar-refractivity contribution is 5.74.